The van der Waals surface area contributed by atoms with Crippen LogP contribution in [0.1, 0.15) is 46.5 Å². The molecule has 0 heterocycles. The Balaban J connectivity index is 4.63. The lowest BCUT2D eigenvalue weighted by Crippen LogP contribution is -2.39. The van der Waals surface area contributed by atoms with Gasteiger partial charge < -0.3 is 9.94 Å². The lowest BCUT2D eigenvalue weighted by Gasteiger charge is -2.31. The van der Waals surface area contributed by atoms with Gasteiger partial charge in [0, 0.05) is 7.11 Å². The van der Waals surface area contributed by atoms with Crippen LogP contribution in [0.3, 0.4) is 0 Å². The molecule has 0 aromatic rings. The molecule has 0 aromatic heterocycles. The van der Waals surface area contributed by atoms with Gasteiger partial charge >= 0.3 is 0 Å². The van der Waals surface area contributed by atoms with Crippen LogP contribution < -0.4 is 0 Å². The number of hydrogen-bond acceptors (Lipinski definition) is 3. The van der Waals surface area contributed by atoms with Gasteiger partial charge in [-0.1, -0.05) is 31.8 Å². The lowest BCUT2D eigenvalue weighted by molar-refractivity contribution is 0.0310. The molecule has 0 saturated carbocycles. The molecule has 0 spiro atoms. The van der Waals surface area contributed by atoms with Crippen LogP contribution in [0.15, 0.2) is 5.16 Å². The van der Waals surface area contributed by atoms with E-state index in [1.807, 2.05) is 6.92 Å². The van der Waals surface area contributed by atoms with Crippen molar-refractivity contribution in [2.45, 2.75) is 52.1 Å². The van der Waals surface area contributed by atoms with Gasteiger partial charge in [0.1, 0.15) is 5.60 Å². The van der Waals surface area contributed by atoms with Crippen LogP contribution in [0.25, 0.3) is 0 Å². The van der Waals surface area contributed by atoms with Gasteiger partial charge in [-0.3, -0.25) is 0 Å². The molecule has 0 aliphatic rings. The summed E-state index contributed by atoms with van der Waals surface area (Å²) >= 11 is 0. The second-order valence-corrected chi connectivity index (χ2v) is 3.38. The molecular weight excluding hydrogens is 166 g/mol. The lowest BCUT2D eigenvalue weighted by atomic mass is 9.88. The summed E-state index contributed by atoms with van der Waals surface area (Å²) in [6.07, 6.45) is 3.88. The zero-order valence-electron chi connectivity index (χ0n) is 9.13. The molecule has 0 saturated heterocycles. The van der Waals surface area contributed by atoms with E-state index >= 15 is 0 Å². The Hall–Kier alpha value is -0.570. The van der Waals surface area contributed by atoms with Crippen LogP contribution in [-0.4, -0.2) is 23.6 Å². The summed E-state index contributed by atoms with van der Waals surface area (Å²) in [5.74, 6) is 0. The molecule has 0 rings (SSSR count). The summed E-state index contributed by atoms with van der Waals surface area (Å²) in [6, 6.07) is 0. The summed E-state index contributed by atoms with van der Waals surface area (Å²) in [4.78, 5) is 0. The van der Waals surface area contributed by atoms with Crippen molar-refractivity contribution in [1.29, 1.82) is 0 Å². The van der Waals surface area contributed by atoms with E-state index in [4.69, 9.17) is 9.94 Å². The molecule has 0 amide bonds. The van der Waals surface area contributed by atoms with Crippen molar-refractivity contribution in [3.63, 3.8) is 0 Å². The summed E-state index contributed by atoms with van der Waals surface area (Å²) < 4.78 is 5.48. The van der Waals surface area contributed by atoms with Crippen LogP contribution in [0.5, 0.6) is 0 Å². The predicted octanol–water partition coefficient (Wildman–Crippen LogP) is 2.82. The third-order valence-corrected chi connectivity index (χ3v) is 2.51. The molecule has 0 aliphatic heterocycles. The third kappa shape index (κ3) is 2.99. The molecule has 0 aromatic carbocycles. The molecule has 0 atom stereocenters. The first kappa shape index (κ1) is 12.4. The maximum Gasteiger partial charge on any atom is 0.109 e. The van der Waals surface area contributed by atoms with Gasteiger partial charge in [-0.05, 0) is 19.8 Å². The summed E-state index contributed by atoms with van der Waals surface area (Å²) in [7, 11) is 1.68. The highest BCUT2D eigenvalue weighted by Gasteiger charge is 2.31. The van der Waals surface area contributed by atoms with Gasteiger partial charge in [-0.2, -0.15) is 0 Å². The Morgan fingerprint density at radius 2 is 1.77 bits per heavy atom. The quantitative estimate of drug-likeness (QED) is 0.394. The van der Waals surface area contributed by atoms with Crippen molar-refractivity contribution < 1.29 is 9.94 Å². The Morgan fingerprint density at radius 1 is 1.31 bits per heavy atom. The number of ether oxygens (including phenoxy) is 1. The molecule has 0 unspecified atom stereocenters. The van der Waals surface area contributed by atoms with Crippen molar-refractivity contribution in [2.24, 2.45) is 5.16 Å². The first-order valence-electron chi connectivity index (χ1n) is 4.91. The fourth-order valence-corrected chi connectivity index (χ4v) is 1.74. The van der Waals surface area contributed by atoms with E-state index in [0.29, 0.717) is 5.71 Å². The minimum Gasteiger partial charge on any atom is -0.411 e. The average molecular weight is 187 g/mol. The normalized spacial score (nSPS) is 13.4. The summed E-state index contributed by atoms with van der Waals surface area (Å²) in [6.45, 7) is 6.02. The highest BCUT2D eigenvalue weighted by Crippen LogP contribution is 2.25. The number of oxime groups is 1. The zero-order valence-corrected chi connectivity index (χ0v) is 9.13. The summed E-state index contributed by atoms with van der Waals surface area (Å²) in [5, 5.41) is 12.0. The van der Waals surface area contributed by atoms with E-state index in [1.165, 1.54) is 0 Å². The van der Waals surface area contributed by atoms with E-state index in [0.717, 1.165) is 25.7 Å². The fraction of sp³-hybridized carbons (Fsp3) is 0.900. The van der Waals surface area contributed by atoms with Crippen molar-refractivity contribution in [2.75, 3.05) is 7.11 Å². The fourth-order valence-electron chi connectivity index (χ4n) is 1.74. The van der Waals surface area contributed by atoms with Crippen molar-refractivity contribution in [1.82, 2.24) is 0 Å². The SMILES string of the molecule is CCCC(CCC)(OC)C(C)=NO. The topological polar surface area (TPSA) is 41.8 Å². The molecule has 0 aliphatic carbocycles. The molecule has 3 nitrogen and oxygen atoms in total. The highest BCUT2D eigenvalue weighted by molar-refractivity contribution is 5.89. The van der Waals surface area contributed by atoms with Crippen LogP contribution in [0.4, 0.5) is 0 Å². The van der Waals surface area contributed by atoms with Crippen molar-refractivity contribution in [3.05, 3.63) is 0 Å². The van der Waals surface area contributed by atoms with Gasteiger partial charge in [0.15, 0.2) is 0 Å². The van der Waals surface area contributed by atoms with Crippen LogP contribution in [0, 0.1) is 0 Å². The van der Waals surface area contributed by atoms with E-state index in [9.17, 15) is 0 Å². The predicted molar refractivity (Wildman–Crippen MR) is 54.5 cm³/mol. The monoisotopic (exact) mass is 187 g/mol. The Morgan fingerprint density at radius 3 is 2.00 bits per heavy atom. The number of hydrogen-bond donors (Lipinski definition) is 1. The van der Waals surface area contributed by atoms with Gasteiger partial charge in [-0.15, -0.1) is 0 Å². The average Bonchev–Trinajstić information content (AvgIpc) is 2.16. The molecule has 3 heteroatoms. The van der Waals surface area contributed by atoms with Crippen molar-refractivity contribution in [3.8, 4) is 0 Å². The van der Waals surface area contributed by atoms with Crippen LogP contribution in [0.2, 0.25) is 0 Å². The number of methoxy groups -OCH3 is 1. The Bertz CT molecular complexity index is 160. The Kier molecular flexibility index (Phi) is 5.71. The maximum atomic E-state index is 8.76. The third-order valence-electron chi connectivity index (χ3n) is 2.51. The highest BCUT2D eigenvalue weighted by atomic mass is 16.5. The number of nitrogens with zero attached hydrogens (tertiary/aromatic N) is 1. The van der Waals surface area contributed by atoms with Gasteiger partial charge in [0.2, 0.25) is 0 Å². The Labute approximate surface area is 80.8 Å². The second-order valence-electron chi connectivity index (χ2n) is 3.38. The number of rotatable bonds is 6. The molecular formula is C10H21NO2. The minimum absolute atomic E-state index is 0.349. The maximum absolute atomic E-state index is 8.76. The standard InChI is InChI=1S/C10H21NO2/c1-5-7-10(13-4,8-6-2)9(3)11-12/h12H,5-8H2,1-4H3. The van der Waals surface area contributed by atoms with Gasteiger partial charge in [0.05, 0.1) is 5.71 Å². The first-order chi connectivity index (χ1) is 6.16. The first-order valence-corrected chi connectivity index (χ1v) is 4.91. The van der Waals surface area contributed by atoms with Crippen LogP contribution >= 0.6 is 0 Å². The smallest absolute Gasteiger partial charge is 0.109 e. The van der Waals surface area contributed by atoms with Crippen molar-refractivity contribution >= 4 is 5.71 Å². The molecule has 0 bridgehead atoms. The van der Waals surface area contributed by atoms with Gasteiger partial charge in [-0.25, -0.2) is 0 Å². The molecule has 1 N–H and O–H groups in total. The molecule has 13 heavy (non-hydrogen) atoms. The van der Waals surface area contributed by atoms with Gasteiger partial charge in [0.25, 0.3) is 0 Å². The van der Waals surface area contributed by atoms with Crippen LogP contribution in [-0.2, 0) is 4.74 Å². The van der Waals surface area contributed by atoms with E-state index < -0.39 is 0 Å². The zero-order chi connectivity index (χ0) is 10.3. The molecule has 78 valence electrons. The van der Waals surface area contributed by atoms with E-state index in [2.05, 4.69) is 19.0 Å². The molecule has 0 radical (unpaired) electrons. The minimum atomic E-state index is -0.349. The van der Waals surface area contributed by atoms with E-state index in [-0.39, 0.29) is 5.60 Å². The second kappa shape index (κ2) is 5.97. The summed E-state index contributed by atoms with van der Waals surface area (Å²) in [5.41, 5.74) is 0.330. The largest absolute Gasteiger partial charge is 0.411 e. The molecule has 0 fully saturated rings. The van der Waals surface area contributed by atoms with E-state index in [1.54, 1.807) is 7.11 Å².